The molecular formula is C4H6BrOS. The van der Waals surface area contributed by atoms with E-state index < -0.39 is 0 Å². The molecule has 3 heteroatoms. The van der Waals surface area contributed by atoms with Gasteiger partial charge in [-0.05, 0) is 28.6 Å². The lowest BCUT2D eigenvalue weighted by atomic mass is 10.9. The number of carbonyl (C=O) groups is 1. The highest BCUT2D eigenvalue weighted by atomic mass is 79.9. The Kier molecular flexibility index (Phi) is 4.99. The average molecular weight is 182 g/mol. The van der Waals surface area contributed by atoms with Gasteiger partial charge in [-0.1, -0.05) is 0 Å². The Balaban J connectivity index is 2.82. The molecule has 0 saturated heterocycles. The van der Waals surface area contributed by atoms with Crippen LogP contribution in [-0.4, -0.2) is 16.2 Å². The summed E-state index contributed by atoms with van der Waals surface area (Å²) in [5, 5.41) is 0. The molecule has 0 amide bonds. The van der Waals surface area contributed by atoms with Crippen LogP contribution in [0.15, 0.2) is 0 Å². The van der Waals surface area contributed by atoms with E-state index in [9.17, 15) is 4.79 Å². The Hall–Kier alpha value is 0.500. The van der Waals surface area contributed by atoms with Gasteiger partial charge in [0.25, 0.3) is 0 Å². The van der Waals surface area contributed by atoms with Gasteiger partial charge >= 0.3 is 0 Å². The number of rotatable bonds is 3. The van der Waals surface area contributed by atoms with Gasteiger partial charge in [-0.2, -0.15) is 11.8 Å². The molecule has 0 atom stereocenters. The van der Waals surface area contributed by atoms with Crippen molar-refractivity contribution in [3.8, 4) is 0 Å². The van der Waals surface area contributed by atoms with E-state index in [2.05, 4.69) is 22.9 Å². The predicted octanol–water partition coefficient (Wildman–Crippen LogP) is 1.48. The highest BCUT2D eigenvalue weighted by molar-refractivity contribution is 9.18. The Morgan fingerprint density at radius 2 is 2.43 bits per heavy atom. The van der Waals surface area contributed by atoms with Crippen LogP contribution in [0.4, 0.5) is 0 Å². The van der Waals surface area contributed by atoms with Crippen LogP contribution in [-0.2, 0) is 4.79 Å². The van der Waals surface area contributed by atoms with E-state index in [0.717, 1.165) is 5.75 Å². The van der Waals surface area contributed by atoms with Gasteiger partial charge in [-0.25, -0.2) is 0 Å². The Morgan fingerprint density at radius 1 is 1.86 bits per heavy atom. The minimum absolute atomic E-state index is 0.0427. The topological polar surface area (TPSA) is 17.1 Å². The summed E-state index contributed by atoms with van der Waals surface area (Å²) in [7, 11) is 0. The van der Waals surface area contributed by atoms with E-state index in [1.54, 1.807) is 0 Å². The third kappa shape index (κ3) is 6.50. The quantitative estimate of drug-likeness (QED) is 0.615. The molecule has 0 aliphatic heterocycles. The van der Waals surface area contributed by atoms with Gasteiger partial charge < -0.3 is 0 Å². The van der Waals surface area contributed by atoms with Crippen molar-refractivity contribution in [3.63, 3.8) is 0 Å². The first kappa shape index (κ1) is 7.50. The molecule has 0 aliphatic rings. The smallest absolute Gasteiger partial charge is 0.207 e. The fraction of sp³-hybridized carbons (Fsp3) is 0.500. The second-order valence-corrected chi connectivity index (χ2v) is 2.90. The molecular weight excluding hydrogens is 176 g/mol. The fourth-order valence-electron chi connectivity index (χ4n) is 0.152. The minimum Gasteiger partial charge on any atom is -0.286 e. The first-order chi connectivity index (χ1) is 3.27. The molecule has 0 aromatic carbocycles. The van der Waals surface area contributed by atoms with E-state index in [4.69, 9.17) is 0 Å². The van der Waals surface area contributed by atoms with Crippen LogP contribution in [0, 0.1) is 6.92 Å². The lowest BCUT2D eigenvalue weighted by Gasteiger charge is -1.85. The van der Waals surface area contributed by atoms with Crippen molar-refractivity contribution in [2.24, 2.45) is 0 Å². The van der Waals surface area contributed by atoms with Crippen LogP contribution in [0.1, 0.15) is 0 Å². The fourth-order valence-corrected chi connectivity index (χ4v) is 0.943. The van der Waals surface area contributed by atoms with Gasteiger partial charge in [0.1, 0.15) is 0 Å². The molecule has 0 rings (SSSR count). The Bertz CT molecular complexity index is 64.7. The standard InChI is InChI=1S/C4H6BrOS/c1-2-7-3-4(5)6/h1-3H2. The lowest BCUT2D eigenvalue weighted by molar-refractivity contribution is -0.108. The van der Waals surface area contributed by atoms with Crippen LogP contribution in [0.2, 0.25) is 0 Å². The van der Waals surface area contributed by atoms with Gasteiger partial charge in [0.2, 0.25) is 4.69 Å². The zero-order valence-electron chi connectivity index (χ0n) is 3.82. The first-order valence-electron chi connectivity index (χ1n) is 1.82. The molecule has 0 spiro atoms. The van der Waals surface area contributed by atoms with E-state index in [-0.39, 0.29) is 4.69 Å². The molecule has 0 fully saturated rings. The molecule has 0 saturated carbocycles. The zero-order valence-corrected chi connectivity index (χ0v) is 6.22. The Morgan fingerprint density at radius 3 is 2.57 bits per heavy atom. The molecule has 0 unspecified atom stereocenters. The van der Waals surface area contributed by atoms with Crippen molar-refractivity contribution >= 4 is 32.4 Å². The molecule has 0 bridgehead atoms. The SMILES string of the molecule is [CH2]CSCC(=O)Br. The molecule has 0 heterocycles. The van der Waals surface area contributed by atoms with Gasteiger partial charge in [-0.15, -0.1) is 0 Å². The second-order valence-electron chi connectivity index (χ2n) is 0.908. The number of thioether (sulfide) groups is 1. The minimum atomic E-state index is 0.0427. The van der Waals surface area contributed by atoms with Gasteiger partial charge in [0.05, 0.1) is 5.75 Å². The Labute approximate surface area is 56.0 Å². The van der Waals surface area contributed by atoms with Gasteiger partial charge in [0, 0.05) is 0 Å². The third-order valence-corrected chi connectivity index (χ3v) is 1.77. The van der Waals surface area contributed by atoms with Gasteiger partial charge in [-0.3, -0.25) is 4.79 Å². The molecule has 1 radical (unpaired) electrons. The summed E-state index contributed by atoms with van der Waals surface area (Å²) in [6, 6.07) is 0. The van der Waals surface area contributed by atoms with E-state index >= 15 is 0 Å². The average Bonchev–Trinajstić information content (AvgIpc) is 1.61. The predicted molar refractivity (Wildman–Crippen MR) is 36.6 cm³/mol. The third-order valence-electron chi connectivity index (χ3n) is 0.360. The first-order valence-corrected chi connectivity index (χ1v) is 3.77. The van der Waals surface area contributed by atoms with Crippen molar-refractivity contribution in [3.05, 3.63) is 6.92 Å². The van der Waals surface area contributed by atoms with E-state index in [1.165, 1.54) is 11.8 Å². The molecule has 0 aromatic heterocycles. The maximum Gasteiger partial charge on any atom is 0.207 e. The van der Waals surface area contributed by atoms with Crippen LogP contribution in [0.3, 0.4) is 0 Å². The number of hydrogen-bond acceptors (Lipinski definition) is 2. The van der Waals surface area contributed by atoms with E-state index in [1.807, 2.05) is 0 Å². The second kappa shape index (κ2) is 4.65. The number of halogens is 1. The van der Waals surface area contributed by atoms with Crippen LogP contribution in [0.5, 0.6) is 0 Å². The number of carbonyl (C=O) groups excluding carboxylic acids is 1. The number of hydrogen-bond donors (Lipinski definition) is 0. The highest BCUT2D eigenvalue weighted by Gasteiger charge is 1.90. The summed E-state index contributed by atoms with van der Waals surface area (Å²) in [4.78, 5) is 10.1. The van der Waals surface area contributed by atoms with Crippen molar-refractivity contribution < 1.29 is 4.79 Å². The molecule has 1 nitrogen and oxygen atoms in total. The summed E-state index contributed by atoms with van der Waals surface area (Å²) in [5.41, 5.74) is 0. The maximum absolute atomic E-state index is 10.1. The summed E-state index contributed by atoms with van der Waals surface area (Å²) in [5.74, 6) is 1.29. The van der Waals surface area contributed by atoms with Crippen molar-refractivity contribution in [1.29, 1.82) is 0 Å². The summed E-state index contributed by atoms with van der Waals surface area (Å²) >= 11 is 4.30. The molecule has 7 heavy (non-hydrogen) atoms. The van der Waals surface area contributed by atoms with Crippen LogP contribution >= 0.6 is 27.7 Å². The normalized spacial score (nSPS) is 8.86. The van der Waals surface area contributed by atoms with E-state index in [0.29, 0.717) is 5.75 Å². The molecule has 0 N–H and O–H groups in total. The monoisotopic (exact) mass is 181 g/mol. The zero-order chi connectivity index (χ0) is 5.70. The highest BCUT2D eigenvalue weighted by Crippen LogP contribution is 2.00. The summed E-state index contributed by atoms with van der Waals surface area (Å²) < 4.78 is 0.0427. The lowest BCUT2D eigenvalue weighted by Crippen LogP contribution is -1.87. The van der Waals surface area contributed by atoms with Crippen molar-refractivity contribution in [2.75, 3.05) is 11.5 Å². The van der Waals surface area contributed by atoms with Crippen molar-refractivity contribution in [1.82, 2.24) is 0 Å². The largest absolute Gasteiger partial charge is 0.286 e. The van der Waals surface area contributed by atoms with Crippen LogP contribution in [0.25, 0.3) is 0 Å². The molecule has 0 aliphatic carbocycles. The maximum atomic E-state index is 10.1. The van der Waals surface area contributed by atoms with Gasteiger partial charge in [0.15, 0.2) is 0 Å². The van der Waals surface area contributed by atoms with Crippen molar-refractivity contribution in [2.45, 2.75) is 0 Å². The van der Waals surface area contributed by atoms with Crippen LogP contribution < -0.4 is 0 Å². The summed E-state index contributed by atoms with van der Waals surface area (Å²) in [6.45, 7) is 3.55. The molecule has 41 valence electrons. The summed E-state index contributed by atoms with van der Waals surface area (Å²) in [6.07, 6.45) is 0. The molecule has 0 aromatic rings.